The molecule has 3 amide bonds. The number of carbonyl (C=O) groups excluding carboxylic acids is 3. The number of ether oxygens (including phenoxy) is 3. The van der Waals surface area contributed by atoms with Gasteiger partial charge in [-0.05, 0) is 55.8 Å². The van der Waals surface area contributed by atoms with E-state index in [-0.39, 0.29) is 34.3 Å². The van der Waals surface area contributed by atoms with Crippen LogP contribution in [0.25, 0.3) is 10.9 Å². The zero-order valence-corrected chi connectivity index (χ0v) is 27.3. The summed E-state index contributed by atoms with van der Waals surface area (Å²) < 4.78 is 31.5. The first kappa shape index (κ1) is 34.0. The molecule has 4 N–H and O–H groups in total. The van der Waals surface area contributed by atoms with Crippen LogP contribution in [0.15, 0.2) is 54.9 Å². The van der Waals surface area contributed by atoms with Crippen molar-refractivity contribution in [1.82, 2.24) is 25.5 Å². The van der Waals surface area contributed by atoms with E-state index in [1.807, 2.05) is 6.07 Å². The van der Waals surface area contributed by atoms with Gasteiger partial charge in [0.2, 0.25) is 5.91 Å². The van der Waals surface area contributed by atoms with E-state index in [1.165, 1.54) is 24.5 Å². The minimum absolute atomic E-state index is 0.00131. The third kappa shape index (κ3) is 8.59. The van der Waals surface area contributed by atoms with Crippen molar-refractivity contribution in [2.75, 3.05) is 69.8 Å². The van der Waals surface area contributed by atoms with Crippen molar-refractivity contribution in [1.29, 1.82) is 0 Å². The van der Waals surface area contributed by atoms with Crippen LogP contribution in [0.1, 0.15) is 33.6 Å². The molecule has 13 nitrogen and oxygen atoms in total. The second-order valence-corrected chi connectivity index (χ2v) is 11.8. The van der Waals surface area contributed by atoms with Crippen LogP contribution in [0.5, 0.6) is 11.5 Å². The molecule has 1 fully saturated rings. The fraction of sp³-hybridized carbons (Fsp3) is 0.324. The molecule has 3 aromatic carbocycles. The van der Waals surface area contributed by atoms with Crippen molar-refractivity contribution in [3.8, 4) is 11.5 Å². The number of hydrogen-bond donors (Lipinski definition) is 4. The maximum atomic E-state index is 13.7. The standard InChI is InChI=1S/C34H35ClFN7O6/c35-24-16-21(6-7-25(24)36)40-32-23-17-28(49-13-3-9-43-10-14-47-15-11-43)29(18-27(23)38-20-39-32)48-12-2-8-37-19-30(44)41-26-5-1-4-22-31(26)34(46)42-33(22)45/h1,4-7,16-18,20,37H,2-3,8-15,19H2,(H,41,44)(H,38,39,40)(H,42,45,46). The summed E-state index contributed by atoms with van der Waals surface area (Å²) >= 11 is 5.98. The molecule has 15 heteroatoms. The Morgan fingerprint density at radius 1 is 1.00 bits per heavy atom. The maximum Gasteiger partial charge on any atom is 0.261 e. The van der Waals surface area contributed by atoms with Gasteiger partial charge in [-0.2, -0.15) is 0 Å². The Kier molecular flexibility index (Phi) is 11.1. The number of halogens is 2. The average molecular weight is 692 g/mol. The molecular formula is C34H35ClFN7O6. The van der Waals surface area contributed by atoms with Gasteiger partial charge in [0.05, 0.1) is 60.3 Å². The Balaban J connectivity index is 1.06. The minimum Gasteiger partial charge on any atom is -0.490 e. The van der Waals surface area contributed by atoms with Gasteiger partial charge in [0.15, 0.2) is 11.5 Å². The number of aromatic nitrogens is 2. The molecular weight excluding hydrogens is 657 g/mol. The Morgan fingerprint density at radius 3 is 2.61 bits per heavy atom. The fourth-order valence-electron chi connectivity index (χ4n) is 5.49. The van der Waals surface area contributed by atoms with Crippen LogP contribution in [0.2, 0.25) is 5.02 Å². The Bertz CT molecular complexity index is 1860. The first-order valence-electron chi connectivity index (χ1n) is 15.9. The number of fused-ring (bicyclic) bond motifs is 2. The lowest BCUT2D eigenvalue weighted by molar-refractivity contribution is -0.115. The number of benzene rings is 3. The molecule has 0 bridgehead atoms. The molecule has 0 spiro atoms. The van der Waals surface area contributed by atoms with Crippen LogP contribution in [-0.2, 0) is 9.53 Å². The Morgan fingerprint density at radius 2 is 1.80 bits per heavy atom. The molecule has 1 saturated heterocycles. The second kappa shape index (κ2) is 16.0. The summed E-state index contributed by atoms with van der Waals surface area (Å²) in [5.74, 6) is -0.360. The molecule has 256 valence electrons. The highest BCUT2D eigenvalue weighted by atomic mass is 35.5. The number of anilines is 3. The summed E-state index contributed by atoms with van der Waals surface area (Å²) in [6.07, 6.45) is 2.80. The summed E-state index contributed by atoms with van der Waals surface area (Å²) in [4.78, 5) is 47.7. The summed E-state index contributed by atoms with van der Waals surface area (Å²) in [5, 5.41) is 11.8. The lowest BCUT2D eigenvalue weighted by Gasteiger charge is -2.26. The Hall–Kier alpha value is -4.89. The SMILES string of the molecule is O=C(CNCCCOc1cc2ncnc(Nc3ccc(F)c(Cl)c3)c2cc1OCCCN1CCOCC1)Nc1cccc2c1C(=O)NC2=O. The smallest absolute Gasteiger partial charge is 0.261 e. The normalized spacial score (nSPS) is 14.4. The largest absolute Gasteiger partial charge is 0.490 e. The van der Waals surface area contributed by atoms with Crippen LogP contribution in [0.4, 0.5) is 21.6 Å². The summed E-state index contributed by atoms with van der Waals surface area (Å²) in [7, 11) is 0. The van der Waals surface area contributed by atoms with Gasteiger partial charge in [-0.1, -0.05) is 17.7 Å². The molecule has 6 rings (SSSR count). The van der Waals surface area contributed by atoms with Crippen molar-refractivity contribution in [3.63, 3.8) is 0 Å². The molecule has 2 aliphatic heterocycles. The van der Waals surface area contributed by atoms with Crippen LogP contribution in [-0.4, -0.2) is 91.7 Å². The van der Waals surface area contributed by atoms with Gasteiger partial charge in [-0.15, -0.1) is 0 Å². The first-order valence-corrected chi connectivity index (χ1v) is 16.3. The molecule has 0 atom stereocenters. The van der Waals surface area contributed by atoms with Crippen LogP contribution in [0.3, 0.4) is 0 Å². The number of rotatable bonds is 15. The van der Waals surface area contributed by atoms with E-state index in [9.17, 15) is 18.8 Å². The monoisotopic (exact) mass is 691 g/mol. The number of hydrogen-bond acceptors (Lipinski definition) is 11. The van der Waals surface area contributed by atoms with E-state index in [1.54, 1.807) is 24.3 Å². The quantitative estimate of drug-likeness (QED) is 0.105. The van der Waals surface area contributed by atoms with Gasteiger partial charge in [0.25, 0.3) is 11.8 Å². The summed E-state index contributed by atoms with van der Waals surface area (Å²) in [6, 6.07) is 12.7. The maximum absolute atomic E-state index is 13.7. The molecule has 3 heterocycles. The highest BCUT2D eigenvalue weighted by Gasteiger charge is 2.29. The average Bonchev–Trinajstić information content (AvgIpc) is 3.40. The predicted octanol–water partition coefficient (Wildman–Crippen LogP) is 4.15. The number of nitrogens with one attached hydrogen (secondary N) is 4. The van der Waals surface area contributed by atoms with Gasteiger partial charge < -0.3 is 30.2 Å². The number of nitrogens with zero attached hydrogens (tertiary/aromatic N) is 3. The van der Waals surface area contributed by atoms with Crippen molar-refractivity contribution in [3.05, 3.63) is 76.8 Å². The molecule has 0 aliphatic carbocycles. The molecule has 0 unspecified atom stereocenters. The predicted molar refractivity (Wildman–Crippen MR) is 181 cm³/mol. The molecule has 1 aromatic heterocycles. The second-order valence-electron chi connectivity index (χ2n) is 11.4. The lowest BCUT2D eigenvalue weighted by atomic mass is 10.1. The molecule has 49 heavy (non-hydrogen) atoms. The highest BCUT2D eigenvalue weighted by Crippen LogP contribution is 2.35. The van der Waals surface area contributed by atoms with Crippen molar-refractivity contribution in [2.45, 2.75) is 12.8 Å². The van der Waals surface area contributed by atoms with E-state index >= 15 is 0 Å². The third-order valence-electron chi connectivity index (χ3n) is 7.94. The van der Waals surface area contributed by atoms with Crippen LogP contribution < -0.4 is 30.7 Å². The van der Waals surface area contributed by atoms with Crippen LogP contribution >= 0.6 is 11.6 Å². The number of carbonyl (C=O) groups is 3. The molecule has 0 saturated carbocycles. The number of amides is 3. The van der Waals surface area contributed by atoms with Gasteiger partial charge in [-0.25, -0.2) is 14.4 Å². The van der Waals surface area contributed by atoms with Crippen molar-refractivity contribution >= 4 is 57.4 Å². The van der Waals surface area contributed by atoms with Gasteiger partial charge in [-0.3, -0.25) is 24.6 Å². The van der Waals surface area contributed by atoms with Crippen LogP contribution in [0, 0.1) is 5.82 Å². The fourth-order valence-corrected chi connectivity index (χ4v) is 5.67. The summed E-state index contributed by atoms with van der Waals surface area (Å²) in [5.41, 5.74) is 1.86. The first-order chi connectivity index (χ1) is 23.9. The molecule has 0 radical (unpaired) electrons. The Labute approximate surface area is 286 Å². The molecule has 2 aliphatic rings. The van der Waals surface area contributed by atoms with E-state index in [4.69, 9.17) is 25.8 Å². The zero-order chi connectivity index (χ0) is 34.2. The highest BCUT2D eigenvalue weighted by molar-refractivity contribution is 6.31. The van der Waals surface area contributed by atoms with E-state index in [0.29, 0.717) is 60.1 Å². The van der Waals surface area contributed by atoms with Gasteiger partial charge in [0, 0.05) is 36.8 Å². The topological polar surface area (TPSA) is 156 Å². The minimum atomic E-state index is -0.535. The molecule has 4 aromatic rings. The number of imide groups is 1. The van der Waals surface area contributed by atoms with E-state index < -0.39 is 17.6 Å². The van der Waals surface area contributed by atoms with E-state index in [2.05, 4.69) is 36.1 Å². The zero-order valence-electron chi connectivity index (χ0n) is 26.5. The third-order valence-corrected chi connectivity index (χ3v) is 8.23. The number of morpholine rings is 1. The van der Waals surface area contributed by atoms with Gasteiger partial charge >= 0.3 is 0 Å². The lowest BCUT2D eigenvalue weighted by Crippen LogP contribution is -2.37. The van der Waals surface area contributed by atoms with Gasteiger partial charge in [0.1, 0.15) is 18.0 Å². The van der Waals surface area contributed by atoms with Crippen molar-refractivity contribution < 1.29 is 33.0 Å². The summed E-state index contributed by atoms with van der Waals surface area (Å²) in [6.45, 7) is 5.38. The van der Waals surface area contributed by atoms with Crippen molar-refractivity contribution in [2.24, 2.45) is 0 Å². The van der Waals surface area contributed by atoms with E-state index in [0.717, 1.165) is 39.3 Å².